The Balaban J connectivity index is 1.55. The third kappa shape index (κ3) is 5.78. The largest absolute Gasteiger partial charge is 0.268 e. The second kappa shape index (κ2) is 12.2. The number of hydrogen-bond acceptors (Lipinski definition) is 4. The molecule has 0 fully saturated rings. The summed E-state index contributed by atoms with van der Waals surface area (Å²) in [6.07, 6.45) is 4.22. The van der Waals surface area contributed by atoms with Gasteiger partial charge < -0.3 is 0 Å². The van der Waals surface area contributed by atoms with E-state index in [2.05, 4.69) is 0 Å². The summed E-state index contributed by atoms with van der Waals surface area (Å²) in [5, 5.41) is 1.16. The number of sulfonamides is 1. The standard InChI is InChI=1S/C35H31ClN2O4S2/c1-26-16-19-30(20-17-26)43(39,40)37-23-22-32-31-14-8-9-15-34(31)38(44(41,42)29-12-6-3-7-13-29)35(32)21-18-28(25-37)33(36)24-27-10-4-2-5-11-27/h2-20,24H,21-23,25H2,1H3/b28-18+,33-24-. The molecule has 0 atom stereocenters. The molecule has 0 unspecified atom stereocenters. The summed E-state index contributed by atoms with van der Waals surface area (Å²) in [5.41, 5.74) is 4.35. The van der Waals surface area contributed by atoms with Crippen LogP contribution in [-0.2, 0) is 32.9 Å². The smallest absolute Gasteiger partial charge is 0.237 e. The van der Waals surface area contributed by atoms with Crippen LogP contribution >= 0.6 is 11.6 Å². The average molecular weight is 643 g/mol. The van der Waals surface area contributed by atoms with E-state index in [1.807, 2.05) is 61.5 Å². The van der Waals surface area contributed by atoms with Crippen LogP contribution < -0.4 is 0 Å². The zero-order valence-corrected chi connectivity index (χ0v) is 26.5. The van der Waals surface area contributed by atoms with Gasteiger partial charge in [0.1, 0.15) is 0 Å². The van der Waals surface area contributed by atoms with Gasteiger partial charge in [-0.25, -0.2) is 20.8 Å². The second-order valence-electron chi connectivity index (χ2n) is 10.8. The first-order chi connectivity index (χ1) is 21.2. The van der Waals surface area contributed by atoms with Crippen LogP contribution in [0.2, 0.25) is 0 Å². The molecule has 5 aromatic rings. The molecule has 0 saturated carbocycles. The fourth-order valence-corrected chi connectivity index (χ4v) is 8.89. The Morgan fingerprint density at radius 2 is 1.36 bits per heavy atom. The van der Waals surface area contributed by atoms with E-state index in [1.165, 1.54) is 8.28 Å². The highest BCUT2D eigenvalue weighted by molar-refractivity contribution is 7.90. The lowest BCUT2D eigenvalue weighted by atomic mass is 10.1. The molecule has 6 rings (SSSR count). The summed E-state index contributed by atoms with van der Waals surface area (Å²) in [5.74, 6) is 0. The number of rotatable bonds is 6. The van der Waals surface area contributed by atoms with Gasteiger partial charge in [-0.3, -0.25) is 0 Å². The lowest BCUT2D eigenvalue weighted by molar-refractivity contribution is 0.441. The summed E-state index contributed by atoms with van der Waals surface area (Å²) >= 11 is 6.93. The van der Waals surface area contributed by atoms with Crippen molar-refractivity contribution in [2.75, 3.05) is 13.1 Å². The van der Waals surface area contributed by atoms with E-state index >= 15 is 0 Å². The predicted octanol–water partition coefficient (Wildman–Crippen LogP) is 7.18. The van der Waals surface area contributed by atoms with Crippen molar-refractivity contribution in [3.63, 3.8) is 0 Å². The fraction of sp³-hybridized carbons (Fsp3) is 0.143. The molecule has 0 N–H and O–H groups in total. The maximum Gasteiger partial charge on any atom is 0.268 e. The molecule has 0 aliphatic carbocycles. The molecule has 0 saturated heterocycles. The highest BCUT2D eigenvalue weighted by Gasteiger charge is 2.31. The number of halogens is 1. The van der Waals surface area contributed by atoms with Crippen molar-refractivity contribution in [2.45, 2.75) is 29.6 Å². The van der Waals surface area contributed by atoms with Crippen molar-refractivity contribution in [1.82, 2.24) is 8.28 Å². The van der Waals surface area contributed by atoms with Crippen molar-refractivity contribution in [1.29, 1.82) is 0 Å². The predicted molar refractivity (Wildman–Crippen MR) is 177 cm³/mol. The highest BCUT2D eigenvalue weighted by Crippen LogP contribution is 2.34. The number of allylic oxidation sites excluding steroid dienone is 1. The van der Waals surface area contributed by atoms with Gasteiger partial charge in [0.15, 0.2) is 0 Å². The molecular weight excluding hydrogens is 612 g/mol. The fourth-order valence-electron chi connectivity index (χ4n) is 5.60. The first-order valence-electron chi connectivity index (χ1n) is 14.3. The van der Waals surface area contributed by atoms with Gasteiger partial charge in [0.25, 0.3) is 10.0 Å². The zero-order chi connectivity index (χ0) is 30.9. The van der Waals surface area contributed by atoms with Crippen LogP contribution in [0.5, 0.6) is 0 Å². The maximum atomic E-state index is 14.2. The first-order valence-corrected chi connectivity index (χ1v) is 17.5. The summed E-state index contributed by atoms with van der Waals surface area (Å²) < 4.78 is 59.3. The van der Waals surface area contributed by atoms with Crippen LogP contribution in [0.25, 0.3) is 17.0 Å². The molecule has 1 aliphatic rings. The van der Waals surface area contributed by atoms with Crippen molar-refractivity contribution in [3.05, 3.63) is 148 Å². The third-order valence-electron chi connectivity index (χ3n) is 7.88. The summed E-state index contributed by atoms with van der Waals surface area (Å²) in [6, 6.07) is 32.1. The number of fused-ring (bicyclic) bond motifs is 3. The van der Waals surface area contributed by atoms with E-state index in [1.54, 1.807) is 66.7 Å². The first kappa shape index (κ1) is 30.1. The molecular formula is C35H31ClN2O4S2. The Morgan fingerprint density at radius 3 is 2.07 bits per heavy atom. The van der Waals surface area contributed by atoms with Crippen LogP contribution in [0.1, 0.15) is 22.4 Å². The van der Waals surface area contributed by atoms with Gasteiger partial charge >= 0.3 is 0 Å². The number of benzene rings is 4. The molecule has 1 aliphatic heterocycles. The van der Waals surface area contributed by atoms with Gasteiger partial charge in [0.2, 0.25) is 10.0 Å². The number of aryl methyl sites for hydroxylation is 1. The van der Waals surface area contributed by atoms with Crippen LogP contribution in [0.4, 0.5) is 0 Å². The van der Waals surface area contributed by atoms with E-state index in [9.17, 15) is 16.8 Å². The van der Waals surface area contributed by atoms with Crippen molar-refractivity contribution >= 4 is 48.6 Å². The molecule has 2 heterocycles. The third-order valence-corrected chi connectivity index (χ3v) is 11.9. The Bertz CT molecular complexity index is 2100. The SMILES string of the molecule is Cc1ccc(S(=O)(=O)N2CCc3c(n(S(=O)(=O)c4ccccc4)c4ccccc34)C/C=C(/C(Cl)=C/c3ccccc3)C2)cc1. The van der Waals surface area contributed by atoms with Crippen LogP contribution in [0.3, 0.4) is 0 Å². The highest BCUT2D eigenvalue weighted by atomic mass is 35.5. The van der Waals surface area contributed by atoms with Crippen LogP contribution in [-0.4, -0.2) is 38.2 Å². The second-order valence-corrected chi connectivity index (χ2v) is 14.9. The number of aromatic nitrogens is 1. The van der Waals surface area contributed by atoms with Crippen LogP contribution in [0.15, 0.2) is 136 Å². The molecule has 0 radical (unpaired) electrons. The van der Waals surface area contributed by atoms with E-state index in [-0.39, 0.29) is 29.3 Å². The maximum absolute atomic E-state index is 14.2. The van der Waals surface area contributed by atoms with E-state index < -0.39 is 20.0 Å². The van der Waals surface area contributed by atoms with Gasteiger partial charge in [-0.1, -0.05) is 102 Å². The minimum absolute atomic E-state index is 0.0337. The molecule has 6 nitrogen and oxygen atoms in total. The van der Waals surface area contributed by atoms with E-state index in [0.717, 1.165) is 22.1 Å². The number of hydrogen-bond donors (Lipinski definition) is 0. The average Bonchev–Trinajstić information content (AvgIpc) is 3.39. The molecule has 0 spiro atoms. The molecule has 9 heteroatoms. The van der Waals surface area contributed by atoms with Crippen molar-refractivity contribution < 1.29 is 16.8 Å². The minimum atomic E-state index is -3.97. The summed E-state index contributed by atoms with van der Waals surface area (Å²) in [4.78, 5) is 0.373. The normalized spacial score (nSPS) is 16.4. The molecule has 4 aromatic carbocycles. The lowest BCUT2D eigenvalue weighted by Gasteiger charge is -2.23. The lowest BCUT2D eigenvalue weighted by Crippen LogP contribution is -2.34. The Labute approximate surface area is 263 Å². The monoisotopic (exact) mass is 642 g/mol. The number of para-hydroxylation sites is 1. The molecule has 44 heavy (non-hydrogen) atoms. The molecule has 0 amide bonds. The van der Waals surface area contributed by atoms with Crippen molar-refractivity contribution in [3.8, 4) is 0 Å². The molecule has 1 aromatic heterocycles. The summed E-state index contributed by atoms with van der Waals surface area (Å²) in [6.45, 7) is 2.08. The van der Waals surface area contributed by atoms with Gasteiger partial charge in [-0.2, -0.15) is 4.31 Å². The molecule has 0 bridgehead atoms. The van der Waals surface area contributed by atoms with Gasteiger partial charge in [0, 0.05) is 35.6 Å². The number of nitrogens with zero attached hydrogens (tertiary/aromatic N) is 2. The minimum Gasteiger partial charge on any atom is -0.237 e. The topological polar surface area (TPSA) is 76.5 Å². The van der Waals surface area contributed by atoms with Gasteiger partial charge in [-0.15, -0.1) is 0 Å². The van der Waals surface area contributed by atoms with Crippen molar-refractivity contribution in [2.24, 2.45) is 0 Å². The summed E-state index contributed by atoms with van der Waals surface area (Å²) in [7, 11) is -7.88. The van der Waals surface area contributed by atoms with Gasteiger partial charge in [-0.05, 0) is 66.5 Å². The van der Waals surface area contributed by atoms with E-state index in [0.29, 0.717) is 28.2 Å². The quantitative estimate of drug-likeness (QED) is 0.197. The van der Waals surface area contributed by atoms with Gasteiger partial charge in [0.05, 0.1) is 15.3 Å². The van der Waals surface area contributed by atoms with Crippen LogP contribution in [0, 0.1) is 6.92 Å². The zero-order valence-electron chi connectivity index (χ0n) is 24.1. The molecule has 224 valence electrons. The Hall–Kier alpha value is -3.95. The Kier molecular flexibility index (Phi) is 8.35. The van der Waals surface area contributed by atoms with E-state index in [4.69, 9.17) is 11.6 Å². The Morgan fingerprint density at radius 1 is 0.750 bits per heavy atom.